The summed E-state index contributed by atoms with van der Waals surface area (Å²) in [5.41, 5.74) is 0.685. The minimum Gasteiger partial charge on any atom is -0.362 e. The Balaban J connectivity index is 2.81. The third-order valence-electron chi connectivity index (χ3n) is 2.29. The SMILES string of the molecule is CC(C)C(=O)N[C@H](Nc1ccc(Cl)cc1)C(Cl)(Cl)Cl. The summed E-state index contributed by atoms with van der Waals surface area (Å²) in [5, 5.41) is 6.19. The van der Waals surface area contributed by atoms with Crippen LogP contribution < -0.4 is 10.6 Å². The highest BCUT2D eigenvalue weighted by atomic mass is 35.6. The van der Waals surface area contributed by atoms with Gasteiger partial charge in [-0.05, 0) is 24.3 Å². The third-order valence-corrected chi connectivity index (χ3v) is 3.20. The van der Waals surface area contributed by atoms with Crippen molar-refractivity contribution in [2.45, 2.75) is 23.8 Å². The quantitative estimate of drug-likeness (QED) is 0.634. The van der Waals surface area contributed by atoms with Crippen molar-refractivity contribution in [3.63, 3.8) is 0 Å². The fraction of sp³-hybridized carbons (Fsp3) is 0.417. The van der Waals surface area contributed by atoms with Crippen LogP contribution in [0.5, 0.6) is 0 Å². The van der Waals surface area contributed by atoms with E-state index in [1.807, 2.05) is 0 Å². The van der Waals surface area contributed by atoms with Crippen LogP contribution in [0.4, 0.5) is 5.69 Å². The second kappa shape index (κ2) is 6.89. The molecule has 0 saturated carbocycles. The van der Waals surface area contributed by atoms with Gasteiger partial charge in [-0.25, -0.2) is 0 Å². The maximum absolute atomic E-state index is 11.7. The van der Waals surface area contributed by atoms with Crippen molar-refractivity contribution in [1.29, 1.82) is 0 Å². The molecule has 0 saturated heterocycles. The fourth-order valence-electron chi connectivity index (χ4n) is 1.22. The van der Waals surface area contributed by atoms with Gasteiger partial charge in [-0.2, -0.15) is 0 Å². The number of benzene rings is 1. The average Bonchev–Trinajstić information content (AvgIpc) is 2.29. The lowest BCUT2D eigenvalue weighted by Crippen LogP contribution is -2.50. The number of anilines is 1. The lowest BCUT2D eigenvalue weighted by atomic mass is 10.2. The van der Waals surface area contributed by atoms with Gasteiger partial charge in [-0.1, -0.05) is 60.3 Å². The molecule has 0 unspecified atom stereocenters. The number of amides is 1. The number of carbonyl (C=O) groups is 1. The molecule has 0 radical (unpaired) electrons. The van der Waals surface area contributed by atoms with E-state index in [0.717, 1.165) is 0 Å². The molecule has 1 atom stereocenters. The predicted molar refractivity (Wildman–Crippen MR) is 82.1 cm³/mol. The Morgan fingerprint density at radius 3 is 2.11 bits per heavy atom. The van der Waals surface area contributed by atoms with Crippen molar-refractivity contribution >= 4 is 58.0 Å². The number of carbonyl (C=O) groups excluding carboxylic acids is 1. The standard InChI is InChI=1S/C12H14Cl4N2O/c1-7(2)10(19)18-11(12(14,15)16)17-9-5-3-8(13)4-6-9/h3-7,11,17H,1-2H3,(H,18,19)/t11-/m0/s1. The molecule has 1 aromatic rings. The lowest BCUT2D eigenvalue weighted by molar-refractivity contribution is -0.124. The normalized spacial score (nSPS) is 13.2. The molecule has 0 fully saturated rings. The van der Waals surface area contributed by atoms with Gasteiger partial charge >= 0.3 is 0 Å². The first-order valence-corrected chi connectivity index (χ1v) is 7.10. The Morgan fingerprint density at radius 1 is 1.16 bits per heavy atom. The lowest BCUT2D eigenvalue weighted by Gasteiger charge is -2.28. The summed E-state index contributed by atoms with van der Waals surface area (Å²) in [6.45, 7) is 3.51. The van der Waals surface area contributed by atoms with Gasteiger partial charge in [0, 0.05) is 16.6 Å². The monoisotopic (exact) mass is 342 g/mol. The summed E-state index contributed by atoms with van der Waals surface area (Å²) >= 11 is 23.4. The Labute approximate surface area is 132 Å². The van der Waals surface area contributed by atoms with E-state index in [-0.39, 0.29) is 11.8 Å². The van der Waals surface area contributed by atoms with Crippen LogP contribution in [0.2, 0.25) is 5.02 Å². The van der Waals surface area contributed by atoms with E-state index in [2.05, 4.69) is 10.6 Å². The number of hydrogen-bond donors (Lipinski definition) is 2. The summed E-state index contributed by atoms with van der Waals surface area (Å²) < 4.78 is -1.68. The number of hydrogen-bond acceptors (Lipinski definition) is 2. The van der Waals surface area contributed by atoms with Gasteiger partial charge in [0.05, 0.1) is 0 Å². The molecule has 19 heavy (non-hydrogen) atoms. The number of nitrogens with one attached hydrogen (secondary N) is 2. The summed E-state index contributed by atoms with van der Waals surface area (Å²) in [6, 6.07) is 6.85. The molecule has 0 aliphatic heterocycles. The van der Waals surface area contributed by atoms with Crippen molar-refractivity contribution in [2.24, 2.45) is 5.92 Å². The zero-order valence-electron chi connectivity index (χ0n) is 10.4. The van der Waals surface area contributed by atoms with E-state index in [4.69, 9.17) is 46.4 Å². The van der Waals surface area contributed by atoms with Gasteiger partial charge < -0.3 is 10.6 Å². The van der Waals surface area contributed by atoms with Crippen LogP contribution in [0.25, 0.3) is 0 Å². The van der Waals surface area contributed by atoms with E-state index >= 15 is 0 Å². The van der Waals surface area contributed by atoms with Crippen molar-refractivity contribution in [1.82, 2.24) is 5.32 Å². The average molecular weight is 344 g/mol. The highest BCUT2D eigenvalue weighted by molar-refractivity contribution is 6.68. The highest BCUT2D eigenvalue weighted by Gasteiger charge is 2.34. The van der Waals surface area contributed by atoms with Gasteiger partial charge in [0.1, 0.15) is 6.17 Å². The fourth-order valence-corrected chi connectivity index (χ4v) is 1.67. The molecule has 106 valence electrons. The third kappa shape index (κ3) is 5.65. The highest BCUT2D eigenvalue weighted by Crippen LogP contribution is 2.31. The first kappa shape index (κ1) is 16.7. The van der Waals surface area contributed by atoms with Crippen LogP contribution in [0.15, 0.2) is 24.3 Å². The van der Waals surface area contributed by atoms with Gasteiger partial charge in [-0.15, -0.1) is 0 Å². The largest absolute Gasteiger partial charge is 0.362 e. The topological polar surface area (TPSA) is 41.1 Å². The van der Waals surface area contributed by atoms with Gasteiger partial charge in [0.2, 0.25) is 9.70 Å². The van der Waals surface area contributed by atoms with Crippen LogP contribution in [0.3, 0.4) is 0 Å². The maximum Gasteiger partial charge on any atom is 0.228 e. The summed E-state index contributed by atoms with van der Waals surface area (Å²) in [4.78, 5) is 11.7. The van der Waals surface area contributed by atoms with Crippen molar-refractivity contribution < 1.29 is 4.79 Å². The predicted octanol–water partition coefficient (Wildman–Crippen LogP) is 4.22. The summed E-state index contributed by atoms with van der Waals surface area (Å²) in [6.07, 6.45) is -0.839. The van der Waals surface area contributed by atoms with Gasteiger partial charge in [-0.3, -0.25) is 4.79 Å². The number of halogens is 4. The molecule has 7 heteroatoms. The number of alkyl halides is 3. The molecule has 0 spiro atoms. The molecule has 0 aromatic heterocycles. The van der Waals surface area contributed by atoms with Crippen LogP contribution in [0, 0.1) is 5.92 Å². The summed E-state index contributed by atoms with van der Waals surface area (Å²) in [5.74, 6) is -0.417. The minimum absolute atomic E-state index is 0.207. The van der Waals surface area contributed by atoms with Crippen molar-refractivity contribution in [3.05, 3.63) is 29.3 Å². The van der Waals surface area contributed by atoms with Crippen molar-refractivity contribution in [2.75, 3.05) is 5.32 Å². The Bertz CT molecular complexity index is 428. The van der Waals surface area contributed by atoms with E-state index in [1.54, 1.807) is 38.1 Å². The van der Waals surface area contributed by atoms with Crippen LogP contribution >= 0.6 is 46.4 Å². The second-order valence-electron chi connectivity index (χ2n) is 4.29. The van der Waals surface area contributed by atoms with E-state index < -0.39 is 9.96 Å². The minimum atomic E-state index is -1.68. The van der Waals surface area contributed by atoms with E-state index in [9.17, 15) is 4.79 Å². The molecular formula is C12H14Cl4N2O. The zero-order chi connectivity index (χ0) is 14.6. The van der Waals surface area contributed by atoms with Gasteiger partial charge in [0.15, 0.2) is 0 Å². The zero-order valence-corrected chi connectivity index (χ0v) is 13.4. The molecule has 1 amide bonds. The van der Waals surface area contributed by atoms with Crippen molar-refractivity contribution in [3.8, 4) is 0 Å². The molecular weight excluding hydrogens is 330 g/mol. The Hall–Kier alpha value is -0.350. The first-order valence-electron chi connectivity index (χ1n) is 5.59. The molecule has 3 nitrogen and oxygen atoms in total. The Kier molecular flexibility index (Phi) is 6.06. The van der Waals surface area contributed by atoms with E-state index in [1.165, 1.54) is 0 Å². The number of rotatable bonds is 4. The Morgan fingerprint density at radius 2 is 1.68 bits per heavy atom. The smallest absolute Gasteiger partial charge is 0.228 e. The maximum atomic E-state index is 11.7. The van der Waals surface area contributed by atoms with E-state index in [0.29, 0.717) is 10.7 Å². The molecule has 1 rings (SSSR count). The molecule has 0 bridgehead atoms. The first-order chi connectivity index (χ1) is 8.70. The van der Waals surface area contributed by atoms with Crippen LogP contribution in [0.1, 0.15) is 13.8 Å². The molecule has 0 aliphatic rings. The van der Waals surface area contributed by atoms with Crippen LogP contribution in [-0.4, -0.2) is 15.9 Å². The molecule has 2 N–H and O–H groups in total. The molecule has 0 aliphatic carbocycles. The second-order valence-corrected chi connectivity index (χ2v) is 7.09. The molecule has 1 aromatic carbocycles. The molecule has 0 heterocycles. The van der Waals surface area contributed by atoms with Gasteiger partial charge in [0.25, 0.3) is 0 Å². The van der Waals surface area contributed by atoms with Crippen LogP contribution in [-0.2, 0) is 4.79 Å². The summed E-state index contributed by atoms with van der Waals surface area (Å²) in [7, 11) is 0.